The van der Waals surface area contributed by atoms with Crippen LogP contribution in [0.1, 0.15) is 10.4 Å². The van der Waals surface area contributed by atoms with E-state index in [1.807, 2.05) is 0 Å². The Balaban J connectivity index is 1.70. The van der Waals surface area contributed by atoms with Crippen molar-refractivity contribution in [3.8, 4) is 0 Å². The normalized spacial score (nSPS) is 11.0. The van der Waals surface area contributed by atoms with Crippen molar-refractivity contribution in [3.05, 3.63) is 78.4 Å². The van der Waals surface area contributed by atoms with Crippen LogP contribution in [0.3, 0.4) is 0 Å². The molecule has 0 spiro atoms. The SMILES string of the molecule is O=C(Nc1ccc(SC(F)F)cc1)c1ccccc1Nc1ccc(SC(F)F)cc1. The maximum atomic E-state index is 12.7. The average Bonchev–Trinajstić information content (AvgIpc) is 2.70. The molecule has 0 heterocycles. The lowest BCUT2D eigenvalue weighted by molar-refractivity contribution is 0.102. The Morgan fingerprint density at radius 2 is 1.20 bits per heavy atom. The van der Waals surface area contributed by atoms with Gasteiger partial charge in [0.05, 0.1) is 11.3 Å². The molecule has 0 fully saturated rings. The van der Waals surface area contributed by atoms with E-state index in [9.17, 15) is 22.4 Å². The van der Waals surface area contributed by atoms with E-state index >= 15 is 0 Å². The van der Waals surface area contributed by atoms with Gasteiger partial charge in [0.1, 0.15) is 0 Å². The van der Waals surface area contributed by atoms with Crippen molar-refractivity contribution in [2.45, 2.75) is 21.3 Å². The van der Waals surface area contributed by atoms with E-state index in [4.69, 9.17) is 0 Å². The number of benzene rings is 3. The molecule has 0 aliphatic heterocycles. The predicted molar refractivity (Wildman–Crippen MR) is 114 cm³/mol. The molecule has 30 heavy (non-hydrogen) atoms. The second kappa shape index (κ2) is 10.4. The summed E-state index contributed by atoms with van der Waals surface area (Å²) in [4.78, 5) is 13.5. The lowest BCUT2D eigenvalue weighted by atomic mass is 10.1. The molecule has 9 heteroatoms. The Labute approximate surface area is 179 Å². The number of carbonyl (C=O) groups is 1. The minimum Gasteiger partial charge on any atom is -0.355 e. The van der Waals surface area contributed by atoms with E-state index in [1.165, 1.54) is 12.1 Å². The average molecular weight is 452 g/mol. The van der Waals surface area contributed by atoms with Gasteiger partial charge in [-0.1, -0.05) is 35.7 Å². The number of para-hydroxylation sites is 1. The summed E-state index contributed by atoms with van der Waals surface area (Å²) in [5.41, 5.74) is 2.02. The van der Waals surface area contributed by atoms with Crippen LogP contribution < -0.4 is 10.6 Å². The van der Waals surface area contributed by atoms with Gasteiger partial charge in [0.25, 0.3) is 17.4 Å². The number of thioether (sulfide) groups is 2. The Bertz CT molecular complexity index is 983. The van der Waals surface area contributed by atoms with Gasteiger partial charge < -0.3 is 10.6 Å². The second-order valence-corrected chi connectivity index (χ2v) is 8.06. The molecule has 0 atom stereocenters. The molecule has 3 nitrogen and oxygen atoms in total. The van der Waals surface area contributed by atoms with Crippen molar-refractivity contribution < 1.29 is 22.4 Å². The molecule has 0 saturated heterocycles. The fourth-order valence-corrected chi connectivity index (χ4v) is 3.58. The number of amides is 1. The zero-order valence-corrected chi connectivity index (χ0v) is 17.0. The number of rotatable bonds is 8. The van der Waals surface area contributed by atoms with Gasteiger partial charge in [-0.25, -0.2) is 0 Å². The molecular weight excluding hydrogens is 436 g/mol. The molecule has 3 aromatic carbocycles. The fraction of sp³-hybridized carbons (Fsp3) is 0.0952. The number of hydrogen-bond donors (Lipinski definition) is 2. The zero-order chi connectivity index (χ0) is 21.5. The summed E-state index contributed by atoms with van der Waals surface area (Å²) in [6, 6.07) is 19.4. The molecule has 0 aromatic heterocycles. The first-order valence-corrected chi connectivity index (χ1v) is 10.4. The first kappa shape index (κ1) is 22.0. The molecule has 0 saturated carbocycles. The molecule has 0 aliphatic carbocycles. The van der Waals surface area contributed by atoms with Crippen molar-refractivity contribution in [1.82, 2.24) is 0 Å². The number of hydrogen-bond acceptors (Lipinski definition) is 4. The number of carbonyl (C=O) groups excluding carboxylic acids is 1. The zero-order valence-electron chi connectivity index (χ0n) is 15.3. The monoisotopic (exact) mass is 452 g/mol. The van der Waals surface area contributed by atoms with Crippen LogP contribution in [0.5, 0.6) is 0 Å². The van der Waals surface area contributed by atoms with Crippen LogP contribution in [0.15, 0.2) is 82.6 Å². The molecule has 1 amide bonds. The van der Waals surface area contributed by atoms with Crippen LogP contribution in [0, 0.1) is 0 Å². The minimum absolute atomic E-state index is 0.370. The van der Waals surface area contributed by atoms with Crippen LogP contribution in [0.25, 0.3) is 0 Å². The third-order valence-electron chi connectivity index (χ3n) is 3.87. The van der Waals surface area contributed by atoms with Crippen LogP contribution in [-0.4, -0.2) is 17.4 Å². The van der Waals surface area contributed by atoms with Gasteiger partial charge in [-0.3, -0.25) is 4.79 Å². The van der Waals surface area contributed by atoms with Crippen molar-refractivity contribution in [2.24, 2.45) is 0 Å². The van der Waals surface area contributed by atoms with Crippen LogP contribution in [0.2, 0.25) is 0 Å². The number of halogens is 4. The van der Waals surface area contributed by atoms with Gasteiger partial charge in [0, 0.05) is 21.2 Å². The van der Waals surface area contributed by atoms with E-state index in [0.717, 1.165) is 0 Å². The lowest BCUT2D eigenvalue weighted by Gasteiger charge is -2.13. The first-order chi connectivity index (χ1) is 14.4. The third kappa shape index (κ3) is 6.43. The van der Waals surface area contributed by atoms with Crippen molar-refractivity contribution >= 4 is 46.5 Å². The van der Waals surface area contributed by atoms with Gasteiger partial charge >= 0.3 is 0 Å². The molecular formula is C21H16F4N2OS2. The minimum atomic E-state index is -2.51. The molecule has 0 unspecified atom stereocenters. The van der Waals surface area contributed by atoms with Crippen molar-refractivity contribution in [1.29, 1.82) is 0 Å². The van der Waals surface area contributed by atoms with E-state index in [2.05, 4.69) is 10.6 Å². The number of nitrogens with one attached hydrogen (secondary N) is 2. The summed E-state index contributed by atoms with van der Waals surface area (Å²) in [5, 5.41) is 5.84. The third-order valence-corrected chi connectivity index (χ3v) is 5.31. The highest BCUT2D eigenvalue weighted by atomic mass is 32.2. The quantitative estimate of drug-likeness (QED) is 0.278. The Morgan fingerprint density at radius 3 is 1.73 bits per heavy atom. The lowest BCUT2D eigenvalue weighted by Crippen LogP contribution is -2.13. The van der Waals surface area contributed by atoms with E-state index < -0.39 is 11.5 Å². The largest absolute Gasteiger partial charge is 0.355 e. The Hall–Kier alpha value is -2.65. The van der Waals surface area contributed by atoms with Crippen LogP contribution in [-0.2, 0) is 0 Å². The van der Waals surface area contributed by atoms with Gasteiger partial charge in [0.15, 0.2) is 0 Å². The summed E-state index contributed by atoms with van der Waals surface area (Å²) in [6.45, 7) is 0. The fourth-order valence-electron chi connectivity index (χ4n) is 2.58. The van der Waals surface area contributed by atoms with Gasteiger partial charge in [-0.2, -0.15) is 17.6 Å². The summed E-state index contributed by atoms with van der Waals surface area (Å²) >= 11 is 0.889. The molecule has 0 radical (unpaired) electrons. The Morgan fingerprint density at radius 1 is 0.700 bits per heavy atom. The maximum Gasteiger partial charge on any atom is 0.288 e. The topological polar surface area (TPSA) is 41.1 Å². The molecule has 3 aromatic rings. The summed E-state index contributed by atoms with van der Waals surface area (Å²) in [5.74, 6) is -5.38. The second-order valence-electron chi connectivity index (χ2n) is 5.93. The van der Waals surface area contributed by atoms with E-state index in [0.29, 0.717) is 55.9 Å². The first-order valence-electron chi connectivity index (χ1n) is 8.68. The molecule has 156 valence electrons. The highest BCUT2D eigenvalue weighted by Crippen LogP contribution is 2.29. The molecule has 0 aliphatic rings. The number of alkyl halides is 4. The van der Waals surface area contributed by atoms with Crippen LogP contribution in [0.4, 0.5) is 34.6 Å². The smallest absolute Gasteiger partial charge is 0.288 e. The molecule has 3 rings (SSSR count). The summed E-state index contributed by atoms with van der Waals surface area (Å²) in [7, 11) is 0. The maximum absolute atomic E-state index is 12.7. The number of anilines is 3. The van der Waals surface area contributed by atoms with Gasteiger partial charge in [-0.15, -0.1) is 0 Å². The highest BCUT2D eigenvalue weighted by Gasteiger charge is 2.12. The van der Waals surface area contributed by atoms with Crippen LogP contribution >= 0.6 is 23.5 Å². The van der Waals surface area contributed by atoms with Crippen molar-refractivity contribution in [3.63, 3.8) is 0 Å². The molecule has 0 bridgehead atoms. The highest BCUT2D eigenvalue weighted by molar-refractivity contribution is 7.99. The van der Waals surface area contributed by atoms with E-state index in [-0.39, 0.29) is 5.91 Å². The summed E-state index contributed by atoms with van der Waals surface area (Å²) in [6.07, 6.45) is 0. The Kier molecular flexibility index (Phi) is 7.64. The summed E-state index contributed by atoms with van der Waals surface area (Å²) < 4.78 is 49.7. The standard InChI is InChI=1S/C21H16F4N2OS2/c22-20(23)29-15-9-5-13(6-10-15)26-18-4-2-1-3-17(18)19(28)27-14-7-11-16(12-8-14)30-21(24)25/h1-12,20-21,26H,(H,27,28). The van der Waals surface area contributed by atoms with Gasteiger partial charge in [0.2, 0.25) is 0 Å². The van der Waals surface area contributed by atoms with Gasteiger partial charge in [-0.05, 0) is 60.7 Å². The van der Waals surface area contributed by atoms with E-state index in [1.54, 1.807) is 60.7 Å². The van der Waals surface area contributed by atoms with Crippen molar-refractivity contribution in [2.75, 3.05) is 10.6 Å². The predicted octanol–water partition coefficient (Wildman–Crippen LogP) is 7.31. The molecule has 2 N–H and O–H groups in total.